The molecule has 0 bridgehead atoms. The van der Waals surface area contributed by atoms with Crippen molar-refractivity contribution < 1.29 is 27.5 Å². The number of esters is 1. The minimum Gasteiger partial charge on any atom is -0.493 e. The molecular weight excluding hydrogens is 444 g/mol. The van der Waals surface area contributed by atoms with E-state index in [1.165, 1.54) is 6.07 Å². The fourth-order valence-electron chi connectivity index (χ4n) is 3.65. The van der Waals surface area contributed by atoms with E-state index < -0.39 is 28.5 Å². The summed E-state index contributed by atoms with van der Waals surface area (Å²) in [6, 6.07) is 19.5. The number of amides is 1. The highest BCUT2D eigenvalue weighted by Gasteiger charge is 2.23. The van der Waals surface area contributed by atoms with Gasteiger partial charge in [0, 0.05) is 18.5 Å². The maximum Gasteiger partial charge on any atom is 0.307 e. The predicted molar refractivity (Wildman–Crippen MR) is 122 cm³/mol. The molecule has 33 heavy (non-hydrogen) atoms. The van der Waals surface area contributed by atoms with Crippen LogP contribution < -0.4 is 14.8 Å². The van der Waals surface area contributed by atoms with Crippen LogP contribution in [0.15, 0.2) is 71.6 Å². The van der Waals surface area contributed by atoms with E-state index in [4.69, 9.17) is 9.47 Å². The van der Waals surface area contributed by atoms with E-state index in [1.807, 2.05) is 48.5 Å². The molecule has 1 aliphatic rings. The minimum absolute atomic E-state index is 0.116. The third-order valence-corrected chi connectivity index (χ3v) is 6.77. The number of fused-ring (bicyclic) bond motifs is 2. The Morgan fingerprint density at radius 1 is 1.00 bits per heavy atom. The van der Waals surface area contributed by atoms with E-state index in [0.717, 1.165) is 22.1 Å². The summed E-state index contributed by atoms with van der Waals surface area (Å²) in [5.41, 5.74) is 0.881. The zero-order chi connectivity index (χ0) is 23.3. The lowest BCUT2D eigenvalue weighted by atomic mass is 10.0. The van der Waals surface area contributed by atoms with Gasteiger partial charge in [-0.2, -0.15) is 0 Å². The van der Waals surface area contributed by atoms with Crippen molar-refractivity contribution in [2.45, 2.75) is 23.8 Å². The van der Waals surface area contributed by atoms with Crippen molar-refractivity contribution in [2.75, 3.05) is 19.8 Å². The van der Waals surface area contributed by atoms with E-state index >= 15 is 0 Å². The predicted octanol–water partition coefficient (Wildman–Crippen LogP) is 2.69. The first kappa shape index (κ1) is 22.8. The van der Waals surface area contributed by atoms with Crippen LogP contribution in [0.2, 0.25) is 0 Å². The van der Waals surface area contributed by atoms with Gasteiger partial charge in [-0.3, -0.25) is 9.59 Å². The highest BCUT2D eigenvalue weighted by atomic mass is 32.2. The molecule has 0 saturated carbocycles. The first-order valence-electron chi connectivity index (χ1n) is 10.6. The smallest absolute Gasteiger partial charge is 0.307 e. The lowest BCUT2D eigenvalue weighted by Gasteiger charge is -2.26. The number of para-hydroxylation sites is 1. The third kappa shape index (κ3) is 5.68. The quantitative estimate of drug-likeness (QED) is 0.492. The molecule has 2 N–H and O–H groups in total. The van der Waals surface area contributed by atoms with Crippen LogP contribution in [-0.4, -0.2) is 40.1 Å². The Hall–Kier alpha value is -3.43. The molecule has 0 fully saturated rings. The van der Waals surface area contributed by atoms with Gasteiger partial charge in [-0.15, -0.1) is 0 Å². The molecule has 0 radical (unpaired) electrons. The summed E-state index contributed by atoms with van der Waals surface area (Å²) < 4.78 is 38.0. The van der Waals surface area contributed by atoms with Crippen molar-refractivity contribution in [1.29, 1.82) is 0 Å². The van der Waals surface area contributed by atoms with Gasteiger partial charge in [-0.05, 0) is 29.0 Å². The molecule has 0 aromatic heterocycles. The average Bonchev–Trinajstić information content (AvgIpc) is 2.82. The van der Waals surface area contributed by atoms with Gasteiger partial charge in [0.25, 0.3) is 5.91 Å². The number of sulfonamides is 1. The van der Waals surface area contributed by atoms with Gasteiger partial charge in [0.05, 0.1) is 24.0 Å². The third-order valence-electron chi connectivity index (χ3n) is 5.31. The first-order chi connectivity index (χ1) is 15.9. The molecular formula is C24H24N2O6S. The van der Waals surface area contributed by atoms with Gasteiger partial charge in [-0.1, -0.05) is 48.5 Å². The average molecular weight is 469 g/mol. The van der Waals surface area contributed by atoms with Crippen molar-refractivity contribution in [3.63, 3.8) is 0 Å². The molecule has 4 rings (SSSR count). The van der Waals surface area contributed by atoms with Gasteiger partial charge >= 0.3 is 5.97 Å². The van der Waals surface area contributed by atoms with E-state index in [9.17, 15) is 18.0 Å². The standard InChI is InChI=1S/C24H24N2O6S/c27-23(26-21-12-14-31-22-8-4-3-7-20(21)22)16-32-24(28)11-13-25-33(29,30)19-10-9-17-5-1-2-6-18(17)15-19/h1-10,15,21,25H,11-14,16H2,(H,26,27). The number of rotatable bonds is 8. The molecule has 172 valence electrons. The van der Waals surface area contributed by atoms with E-state index in [0.29, 0.717) is 13.0 Å². The molecule has 1 unspecified atom stereocenters. The summed E-state index contributed by atoms with van der Waals surface area (Å²) in [6.45, 7) is -0.0855. The zero-order valence-corrected chi connectivity index (χ0v) is 18.6. The van der Waals surface area contributed by atoms with Crippen LogP contribution in [0.1, 0.15) is 24.4 Å². The summed E-state index contributed by atoms with van der Waals surface area (Å²) in [5, 5.41) is 4.58. The minimum atomic E-state index is -3.78. The number of benzene rings is 3. The Balaban J connectivity index is 1.23. The van der Waals surface area contributed by atoms with Crippen LogP contribution in [0.3, 0.4) is 0 Å². The fourth-order valence-corrected chi connectivity index (χ4v) is 4.72. The van der Waals surface area contributed by atoms with Crippen LogP contribution in [0.5, 0.6) is 5.75 Å². The summed E-state index contributed by atoms with van der Waals surface area (Å²) in [5.74, 6) is -0.370. The van der Waals surface area contributed by atoms with Crippen molar-refractivity contribution in [2.24, 2.45) is 0 Å². The molecule has 1 amide bonds. The maximum absolute atomic E-state index is 12.5. The Kier molecular flexibility index (Phi) is 6.90. The van der Waals surface area contributed by atoms with Crippen molar-refractivity contribution in [1.82, 2.24) is 10.0 Å². The molecule has 3 aromatic carbocycles. The second kappa shape index (κ2) is 10.0. The van der Waals surface area contributed by atoms with Gasteiger partial charge in [0.2, 0.25) is 10.0 Å². The van der Waals surface area contributed by atoms with Crippen LogP contribution in [0, 0.1) is 0 Å². The van der Waals surface area contributed by atoms with Crippen LogP contribution in [0.4, 0.5) is 0 Å². The van der Waals surface area contributed by atoms with Crippen LogP contribution in [-0.2, 0) is 24.3 Å². The molecule has 1 atom stereocenters. The van der Waals surface area contributed by atoms with Crippen molar-refractivity contribution in [3.05, 3.63) is 72.3 Å². The monoisotopic (exact) mass is 468 g/mol. The molecule has 1 heterocycles. The molecule has 0 aliphatic carbocycles. The van der Waals surface area contributed by atoms with Crippen LogP contribution in [0.25, 0.3) is 10.8 Å². The number of carbonyl (C=O) groups excluding carboxylic acids is 2. The number of hydrogen-bond donors (Lipinski definition) is 2. The van der Waals surface area contributed by atoms with Crippen molar-refractivity contribution in [3.8, 4) is 5.75 Å². The zero-order valence-electron chi connectivity index (χ0n) is 17.8. The van der Waals surface area contributed by atoms with Crippen molar-refractivity contribution >= 4 is 32.7 Å². The van der Waals surface area contributed by atoms with Gasteiger partial charge in [0.15, 0.2) is 6.61 Å². The van der Waals surface area contributed by atoms with E-state index in [-0.39, 0.29) is 23.9 Å². The Morgan fingerprint density at radius 2 is 1.76 bits per heavy atom. The van der Waals surface area contributed by atoms with Crippen LogP contribution >= 0.6 is 0 Å². The topological polar surface area (TPSA) is 111 Å². The fraction of sp³-hybridized carbons (Fsp3) is 0.250. The Labute approximate surface area is 191 Å². The van der Waals surface area contributed by atoms with Gasteiger partial charge in [0.1, 0.15) is 5.75 Å². The normalized spacial score (nSPS) is 15.3. The van der Waals surface area contributed by atoms with Gasteiger partial charge < -0.3 is 14.8 Å². The SMILES string of the molecule is O=C(COC(=O)CCNS(=O)(=O)c1ccc2ccccc2c1)NC1CCOc2ccccc21. The molecule has 3 aromatic rings. The van der Waals surface area contributed by atoms with E-state index in [2.05, 4.69) is 10.0 Å². The molecule has 0 saturated heterocycles. The summed E-state index contributed by atoms with van der Waals surface area (Å²) >= 11 is 0. The number of hydrogen-bond acceptors (Lipinski definition) is 6. The first-order valence-corrected chi connectivity index (χ1v) is 12.1. The highest BCUT2D eigenvalue weighted by molar-refractivity contribution is 7.89. The lowest BCUT2D eigenvalue weighted by molar-refractivity contribution is -0.148. The Morgan fingerprint density at radius 3 is 2.61 bits per heavy atom. The number of ether oxygens (including phenoxy) is 2. The van der Waals surface area contributed by atoms with Gasteiger partial charge in [-0.25, -0.2) is 13.1 Å². The lowest BCUT2D eigenvalue weighted by Crippen LogP contribution is -2.35. The highest BCUT2D eigenvalue weighted by Crippen LogP contribution is 2.31. The second-order valence-electron chi connectivity index (χ2n) is 7.61. The molecule has 8 nitrogen and oxygen atoms in total. The summed E-state index contributed by atoms with van der Waals surface area (Å²) in [6.07, 6.45) is 0.424. The number of carbonyl (C=O) groups is 2. The molecule has 0 spiro atoms. The largest absolute Gasteiger partial charge is 0.493 e. The number of nitrogens with one attached hydrogen (secondary N) is 2. The van der Waals surface area contributed by atoms with E-state index in [1.54, 1.807) is 12.1 Å². The summed E-state index contributed by atoms with van der Waals surface area (Å²) in [4.78, 5) is 24.3. The summed E-state index contributed by atoms with van der Waals surface area (Å²) in [7, 11) is -3.78. The second-order valence-corrected chi connectivity index (χ2v) is 9.38. The Bertz CT molecular complexity index is 1270. The molecule has 9 heteroatoms. The maximum atomic E-state index is 12.5. The molecule has 1 aliphatic heterocycles.